The van der Waals surface area contributed by atoms with Crippen molar-refractivity contribution >= 4 is 35.2 Å². The van der Waals surface area contributed by atoms with Crippen molar-refractivity contribution in [3.63, 3.8) is 0 Å². The zero-order valence-corrected chi connectivity index (χ0v) is 25.9. The van der Waals surface area contributed by atoms with Crippen molar-refractivity contribution in [1.82, 2.24) is 4.90 Å². The number of ether oxygens (including phenoxy) is 1. The van der Waals surface area contributed by atoms with Gasteiger partial charge in [0.2, 0.25) is 5.91 Å². The van der Waals surface area contributed by atoms with Crippen LogP contribution in [0.2, 0.25) is 0 Å². The van der Waals surface area contributed by atoms with Gasteiger partial charge in [0.1, 0.15) is 6.04 Å². The van der Waals surface area contributed by atoms with E-state index in [0.717, 1.165) is 41.6 Å². The van der Waals surface area contributed by atoms with Gasteiger partial charge in [-0.15, -0.1) is 11.8 Å². The Kier molecular flexibility index (Phi) is 8.03. The third-order valence-electron chi connectivity index (χ3n) is 9.51. The molecule has 6 rings (SSSR count). The van der Waals surface area contributed by atoms with Crippen LogP contribution in [0.4, 0.5) is 5.69 Å². The summed E-state index contributed by atoms with van der Waals surface area (Å²) in [4.78, 5) is 47.0. The number of carbonyl (C=O) groups is 3. The topological polar surface area (TPSA) is 87.2 Å². The minimum atomic E-state index is -1.01. The number of nitrogens with zero attached hydrogens (tertiary/aromatic N) is 2. The number of carbonyl (C=O) groups excluding carboxylic acids is 3. The van der Waals surface area contributed by atoms with Crippen molar-refractivity contribution < 1.29 is 24.2 Å². The number of likely N-dealkylation sites (tertiary alicyclic amines) is 1. The first-order chi connectivity index (χ1) is 20.7. The fraction of sp³-hybridized carbons (Fsp3) is 0.457. The van der Waals surface area contributed by atoms with Gasteiger partial charge in [0.15, 0.2) is 0 Å². The summed E-state index contributed by atoms with van der Waals surface area (Å²) in [6.45, 7) is 6.34. The summed E-state index contributed by atoms with van der Waals surface area (Å²) in [6.07, 6.45) is 11.1. The molecule has 4 heterocycles. The Hall–Kier alpha value is -3.36. The van der Waals surface area contributed by atoms with E-state index in [0.29, 0.717) is 19.6 Å². The lowest BCUT2D eigenvalue weighted by Crippen LogP contribution is -2.57. The molecule has 6 atom stereocenters. The number of hydrogen-bond acceptors (Lipinski definition) is 6. The van der Waals surface area contributed by atoms with E-state index in [1.807, 2.05) is 81.5 Å². The highest BCUT2D eigenvalue weighted by Crippen LogP contribution is 2.65. The van der Waals surface area contributed by atoms with Crippen LogP contribution in [0.1, 0.15) is 42.9 Å². The normalized spacial score (nSPS) is 32.0. The smallest absolute Gasteiger partial charge is 0.311 e. The van der Waals surface area contributed by atoms with Crippen LogP contribution in [-0.4, -0.2) is 69.1 Å². The Morgan fingerprint density at radius 3 is 2.56 bits per heavy atom. The SMILES string of the molecule is Cc1ccc(C)c(N2CC=C[C@]34S[C@@]5(C)/C=C\CCCCOC(=O)[C@H]5[C@H]3C(=O)N([C@@H](CO)Cc3ccccc3)C4C2=O)c1. The van der Waals surface area contributed by atoms with Gasteiger partial charge in [0.05, 0.1) is 35.8 Å². The molecule has 0 aromatic heterocycles. The lowest BCUT2D eigenvalue weighted by Gasteiger charge is -2.40. The highest BCUT2D eigenvalue weighted by molar-refractivity contribution is 8.02. The summed E-state index contributed by atoms with van der Waals surface area (Å²) in [7, 11) is 0. The highest BCUT2D eigenvalue weighted by Gasteiger charge is 2.74. The molecule has 2 aromatic rings. The van der Waals surface area contributed by atoms with Crippen molar-refractivity contribution in [2.24, 2.45) is 11.8 Å². The number of hydrogen-bond donors (Lipinski definition) is 1. The van der Waals surface area contributed by atoms with Crippen LogP contribution in [0.3, 0.4) is 0 Å². The predicted molar refractivity (Wildman–Crippen MR) is 169 cm³/mol. The molecule has 2 saturated heterocycles. The average molecular weight is 601 g/mol. The van der Waals surface area contributed by atoms with Gasteiger partial charge < -0.3 is 19.6 Å². The van der Waals surface area contributed by atoms with Crippen molar-refractivity contribution in [1.29, 1.82) is 0 Å². The largest absolute Gasteiger partial charge is 0.465 e. The number of cyclic esters (lactones) is 1. The molecule has 1 unspecified atom stereocenters. The summed E-state index contributed by atoms with van der Waals surface area (Å²) in [5, 5.41) is 10.8. The molecule has 2 aromatic carbocycles. The Bertz CT molecular complexity index is 1470. The molecule has 1 N–H and O–H groups in total. The summed E-state index contributed by atoms with van der Waals surface area (Å²) < 4.78 is 4.04. The van der Waals surface area contributed by atoms with Gasteiger partial charge in [-0.25, -0.2) is 0 Å². The third kappa shape index (κ3) is 5.02. The van der Waals surface area contributed by atoms with Crippen molar-refractivity contribution in [2.45, 2.75) is 68.0 Å². The van der Waals surface area contributed by atoms with Gasteiger partial charge in [-0.1, -0.05) is 66.8 Å². The number of amides is 2. The van der Waals surface area contributed by atoms with Gasteiger partial charge in [-0.2, -0.15) is 0 Å². The van der Waals surface area contributed by atoms with Gasteiger partial charge in [0, 0.05) is 17.0 Å². The molecular formula is C35H40N2O5S. The molecular weight excluding hydrogens is 560 g/mol. The van der Waals surface area contributed by atoms with Crippen LogP contribution < -0.4 is 4.90 Å². The second-order valence-electron chi connectivity index (χ2n) is 12.5. The number of thioether (sulfide) groups is 1. The lowest BCUT2D eigenvalue weighted by molar-refractivity contribution is -0.154. The van der Waals surface area contributed by atoms with Crippen LogP contribution in [0.5, 0.6) is 0 Å². The quantitative estimate of drug-likeness (QED) is 0.393. The van der Waals surface area contributed by atoms with Crippen LogP contribution in [0.25, 0.3) is 0 Å². The molecule has 0 saturated carbocycles. The maximum absolute atomic E-state index is 15.0. The molecule has 0 bridgehead atoms. The molecule has 4 aliphatic rings. The third-order valence-corrected chi connectivity index (χ3v) is 11.3. The van der Waals surface area contributed by atoms with E-state index >= 15 is 0 Å². The predicted octanol–water partition coefficient (Wildman–Crippen LogP) is 4.78. The van der Waals surface area contributed by atoms with Crippen molar-refractivity contribution in [3.8, 4) is 0 Å². The first-order valence-corrected chi connectivity index (χ1v) is 16.1. The maximum Gasteiger partial charge on any atom is 0.311 e. The van der Waals surface area contributed by atoms with Crippen molar-refractivity contribution in [2.75, 3.05) is 24.7 Å². The Morgan fingerprint density at radius 1 is 1.00 bits per heavy atom. The summed E-state index contributed by atoms with van der Waals surface area (Å²) in [6, 6.07) is 14.2. The number of fused-ring (bicyclic) bond motifs is 2. The van der Waals surface area contributed by atoms with Crippen LogP contribution in [0.15, 0.2) is 72.8 Å². The Morgan fingerprint density at radius 2 is 1.79 bits per heavy atom. The summed E-state index contributed by atoms with van der Waals surface area (Å²) in [5.74, 6) is -2.44. The van der Waals surface area contributed by atoms with E-state index in [1.165, 1.54) is 11.8 Å². The molecule has 0 aliphatic carbocycles. The number of allylic oxidation sites excluding steroid dienone is 1. The zero-order chi connectivity index (χ0) is 30.4. The number of aliphatic hydroxyl groups excluding tert-OH is 1. The molecule has 226 valence electrons. The number of benzene rings is 2. The summed E-state index contributed by atoms with van der Waals surface area (Å²) >= 11 is 1.54. The molecule has 43 heavy (non-hydrogen) atoms. The fourth-order valence-electron chi connectivity index (χ4n) is 7.49. The van der Waals surface area contributed by atoms with Crippen LogP contribution >= 0.6 is 11.8 Å². The Labute approximate surface area is 258 Å². The van der Waals surface area contributed by atoms with Gasteiger partial charge in [-0.05, 0) is 69.2 Å². The van der Waals surface area contributed by atoms with Gasteiger partial charge in [-0.3, -0.25) is 14.4 Å². The number of anilines is 1. The van der Waals surface area contributed by atoms with Gasteiger partial charge in [0.25, 0.3) is 5.91 Å². The Balaban J connectivity index is 1.51. The second-order valence-corrected chi connectivity index (χ2v) is 14.3. The zero-order valence-electron chi connectivity index (χ0n) is 25.1. The highest BCUT2D eigenvalue weighted by atomic mass is 32.2. The van der Waals surface area contributed by atoms with Crippen LogP contribution in [0, 0.1) is 25.7 Å². The number of rotatable bonds is 5. The van der Waals surface area contributed by atoms with Gasteiger partial charge >= 0.3 is 5.97 Å². The standard InChI is InChI=1S/C35H40N2O5S/c1-23-14-15-24(2)27(20-23)36-18-11-17-35-28(29-33(41)42-19-10-5-4-9-16-34(29,3)43-35)31(39)37(30(35)32(36)40)26(22-38)21-25-12-7-6-8-13-25/h6-9,11-17,20,26,28-30,38H,4-5,10,18-19,21-22H2,1-3H3/b16-9-/t26-,28+,29-,30?,34+,35+/m1/s1. The van der Waals surface area contributed by atoms with E-state index in [4.69, 9.17) is 4.74 Å². The minimum Gasteiger partial charge on any atom is -0.465 e. The molecule has 0 radical (unpaired) electrons. The monoisotopic (exact) mass is 600 g/mol. The molecule has 4 aliphatic heterocycles. The minimum absolute atomic E-state index is 0.196. The van der Waals surface area contributed by atoms with E-state index < -0.39 is 39.4 Å². The first kappa shape index (κ1) is 29.7. The fourth-order valence-corrected chi connectivity index (χ4v) is 9.63. The molecule has 2 fully saturated rings. The van der Waals surface area contributed by atoms with E-state index in [-0.39, 0.29) is 18.4 Å². The van der Waals surface area contributed by atoms with Crippen molar-refractivity contribution in [3.05, 3.63) is 89.5 Å². The lowest BCUT2D eigenvalue weighted by atomic mass is 9.74. The second kappa shape index (κ2) is 11.6. The first-order valence-electron chi connectivity index (χ1n) is 15.3. The summed E-state index contributed by atoms with van der Waals surface area (Å²) in [5.41, 5.74) is 3.76. The number of aryl methyl sites for hydroxylation is 2. The molecule has 1 spiro atoms. The van der Waals surface area contributed by atoms with E-state index in [2.05, 4.69) is 12.2 Å². The number of esters is 1. The molecule has 2 amide bonds. The maximum atomic E-state index is 15.0. The number of aliphatic hydroxyl groups is 1. The average Bonchev–Trinajstić information content (AvgIpc) is 3.33. The molecule has 8 heteroatoms. The molecule has 7 nitrogen and oxygen atoms in total. The van der Waals surface area contributed by atoms with E-state index in [1.54, 1.807) is 9.80 Å². The van der Waals surface area contributed by atoms with E-state index in [9.17, 15) is 19.5 Å². The van der Waals surface area contributed by atoms with Crippen LogP contribution in [-0.2, 0) is 25.5 Å².